The molecule has 0 radical (unpaired) electrons. The number of ether oxygens (including phenoxy) is 1. The third-order valence-corrected chi connectivity index (χ3v) is 5.21. The minimum absolute atomic E-state index is 0.0000343. The molecule has 0 atom stereocenters. The second-order valence-corrected chi connectivity index (χ2v) is 7.68. The highest BCUT2D eigenvalue weighted by atomic mass is 19.1. The first-order valence-electron chi connectivity index (χ1n) is 11.1. The number of hydrogen-bond acceptors (Lipinski definition) is 4. The first kappa shape index (κ1) is 23.5. The van der Waals surface area contributed by atoms with E-state index in [1.165, 1.54) is 12.1 Å². The third-order valence-electron chi connectivity index (χ3n) is 5.21. The molecule has 0 bridgehead atoms. The van der Waals surface area contributed by atoms with Crippen LogP contribution in [-0.2, 0) is 11.4 Å². The third kappa shape index (κ3) is 5.81. The minimum atomic E-state index is -0.432. The molecule has 4 rings (SSSR count). The molecule has 6 nitrogen and oxygen atoms in total. The maximum Gasteiger partial charge on any atom is 0.261 e. The van der Waals surface area contributed by atoms with Gasteiger partial charge in [-0.15, -0.1) is 0 Å². The quantitative estimate of drug-likeness (QED) is 0.282. The van der Waals surface area contributed by atoms with Crippen LogP contribution >= 0.6 is 0 Å². The van der Waals surface area contributed by atoms with Crippen molar-refractivity contribution in [3.8, 4) is 28.8 Å². The second kappa shape index (κ2) is 10.9. The van der Waals surface area contributed by atoms with Crippen LogP contribution in [0.2, 0.25) is 0 Å². The molecule has 7 heteroatoms. The fourth-order valence-electron chi connectivity index (χ4n) is 3.45. The summed E-state index contributed by atoms with van der Waals surface area (Å²) in [6.07, 6.45) is 3.34. The average molecular weight is 467 g/mol. The molecule has 0 aliphatic rings. The van der Waals surface area contributed by atoms with Crippen molar-refractivity contribution in [2.75, 3.05) is 6.54 Å². The van der Waals surface area contributed by atoms with Crippen LogP contribution in [0.5, 0.6) is 5.75 Å². The normalized spacial score (nSPS) is 11.1. The summed E-state index contributed by atoms with van der Waals surface area (Å²) in [5.74, 6) is -0.0692. The van der Waals surface area contributed by atoms with Crippen LogP contribution in [0, 0.1) is 17.1 Å². The minimum Gasteiger partial charge on any atom is -0.489 e. The first-order valence-corrected chi connectivity index (χ1v) is 11.1. The number of amides is 1. The van der Waals surface area contributed by atoms with Gasteiger partial charge in [0.1, 0.15) is 29.8 Å². The molecule has 174 valence electrons. The van der Waals surface area contributed by atoms with E-state index in [1.54, 1.807) is 36.0 Å². The Bertz CT molecular complexity index is 1370. The van der Waals surface area contributed by atoms with E-state index in [2.05, 4.69) is 5.32 Å². The van der Waals surface area contributed by atoms with Crippen molar-refractivity contribution in [2.24, 2.45) is 0 Å². The van der Waals surface area contributed by atoms with Crippen molar-refractivity contribution in [1.82, 2.24) is 15.1 Å². The smallest absolute Gasteiger partial charge is 0.261 e. The molecule has 35 heavy (non-hydrogen) atoms. The van der Waals surface area contributed by atoms with Crippen LogP contribution in [0.1, 0.15) is 18.1 Å². The summed E-state index contributed by atoms with van der Waals surface area (Å²) in [7, 11) is 0. The van der Waals surface area contributed by atoms with Gasteiger partial charge in [0.15, 0.2) is 0 Å². The Hall–Kier alpha value is -4.70. The van der Waals surface area contributed by atoms with E-state index in [1.807, 2.05) is 60.7 Å². The highest BCUT2D eigenvalue weighted by molar-refractivity contribution is 6.02. The molecule has 0 saturated heterocycles. The summed E-state index contributed by atoms with van der Waals surface area (Å²) in [5.41, 5.74) is 3.77. The number of nitriles is 1. The van der Waals surface area contributed by atoms with Gasteiger partial charge in [-0.2, -0.15) is 10.4 Å². The molecule has 0 unspecified atom stereocenters. The number of rotatable bonds is 8. The molecule has 0 saturated carbocycles. The fourth-order valence-corrected chi connectivity index (χ4v) is 3.45. The second-order valence-electron chi connectivity index (χ2n) is 7.68. The van der Waals surface area contributed by atoms with E-state index < -0.39 is 5.91 Å². The van der Waals surface area contributed by atoms with E-state index in [0.29, 0.717) is 30.2 Å². The summed E-state index contributed by atoms with van der Waals surface area (Å²) in [6, 6.07) is 25.1. The lowest BCUT2D eigenvalue weighted by molar-refractivity contribution is -0.116. The monoisotopic (exact) mass is 466 g/mol. The number of aromatic nitrogens is 2. The summed E-state index contributed by atoms with van der Waals surface area (Å²) in [4.78, 5) is 12.3. The van der Waals surface area contributed by atoms with Crippen molar-refractivity contribution in [3.63, 3.8) is 0 Å². The number of hydrogen-bond donors (Lipinski definition) is 1. The Kier molecular flexibility index (Phi) is 7.34. The van der Waals surface area contributed by atoms with Gasteiger partial charge in [0.2, 0.25) is 0 Å². The van der Waals surface area contributed by atoms with Crippen molar-refractivity contribution in [2.45, 2.75) is 13.5 Å². The maximum absolute atomic E-state index is 13.1. The van der Waals surface area contributed by atoms with Gasteiger partial charge in [0.25, 0.3) is 5.91 Å². The molecule has 0 aliphatic carbocycles. The molecular weight excluding hydrogens is 443 g/mol. The molecule has 0 aliphatic heterocycles. The van der Waals surface area contributed by atoms with Crippen LogP contribution in [0.4, 0.5) is 4.39 Å². The zero-order valence-corrected chi connectivity index (χ0v) is 19.1. The topological polar surface area (TPSA) is 79.9 Å². The van der Waals surface area contributed by atoms with E-state index in [4.69, 9.17) is 9.84 Å². The number of para-hydroxylation sites is 1. The van der Waals surface area contributed by atoms with Crippen LogP contribution in [0.3, 0.4) is 0 Å². The summed E-state index contributed by atoms with van der Waals surface area (Å²) < 4.78 is 20.6. The first-order chi connectivity index (χ1) is 17.1. The number of benzene rings is 3. The van der Waals surface area contributed by atoms with E-state index in [-0.39, 0.29) is 11.4 Å². The zero-order valence-electron chi connectivity index (χ0n) is 19.1. The highest BCUT2D eigenvalue weighted by Gasteiger charge is 2.15. The Balaban J connectivity index is 1.64. The van der Waals surface area contributed by atoms with Crippen molar-refractivity contribution < 1.29 is 13.9 Å². The van der Waals surface area contributed by atoms with Gasteiger partial charge < -0.3 is 10.1 Å². The van der Waals surface area contributed by atoms with Crippen LogP contribution in [0.25, 0.3) is 23.0 Å². The molecule has 1 heterocycles. The molecule has 0 spiro atoms. The van der Waals surface area contributed by atoms with Gasteiger partial charge in [-0.3, -0.25) is 4.79 Å². The van der Waals surface area contributed by atoms with Gasteiger partial charge in [0, 0.05) is 23.9 Å². The summed E-state index contributed by atoms with van der Waals surface area (Å²) >= 11 is 0. The Morgan fingerprint density at radius 1 is 1.09 bits per heavy atom. The molecule has 1 N–H and O–H groups in total. The molecule has 4 aromatic rings. The number of halogens is 1. The fraction of sp³-hybridized carbons (Fsp3) is 0.107. The summed E-state index contributed by atoms with van der Waals surface area (Å²) in [6.45, 7) is 2.53. The largest absolute Gasteiger partial charge is 0.489 e. The Morgan fingerprint density at radius 2 is 1.80 bits per heavy atom. The Labute approximate surface area is 202 Å². The van der Waals surface area contributed by atoms with Gasteiger partial charge in [-0.05, 0) is 67.1 Å². The van der Waals surface area contributed by atoms with Crippen molar-refractivity contribution >= 4 is 12.0 Å². The predicted octanol–water partition coefficient (Wildman–Crippen LogP) is 5.30. The van der Waals surface area contributed by atoms with E-state index in [0.717, 1.165) is 16.8 Å². The highest BCUT2D eigenvalue weighted by Crippen LogP contribution is 2.28. The van der Waals surface area contributed by atoms with Crippen molar-refractivity contribution in [1.29, 1.82) is 5.26 Å². The Morgan fingerprint density at radius 3 is 2.46 bits per heavy atom. The van der Waals surface area contributed by atoms with Crippen LogP contribution < -0.4 is 10.1 Å². The number of likely N-dealkylation sites (N-methyl/N-ethyl adjacent to an activating group) is 1. The molecule has 0 fully saturated rings. The summed E-state index contributed by atoms with van der Waals surface area (Å²) in [5, 5.41) is 16.9. The number of nitrogens with one attached hydrogen (secondary N) is 1. The number of nitrogens with zero attached hydrogens (tertiary/aromatic N) is 3. The van der Waals surface area contributed by atoms with Crippen LogP contribution in [0.15, 0.2) is 90.6 Å². The SMILES string of the molecule is CCNC(=O)C(C#N)=Cc1cn(-c2ccccc2)nc1-c1ccc(OCc2ccc(F)cc2)cc1. The van der Waals surface area contributed by atoms with Gasteiger partial charge >= 0.3 is 0 Å². The molecular formula is C28H23FN4O2. The van der Waals surface area contributed by atoms with Gasteiger partial charge in [-0.25, -0.2) is 9.07 Å². The van der Waals surface area contributed by atoms with Gasteiger partial charge in [-0.1, -0.05) is 30.3 Å². The number of carbonyl (C=O) groups excluding carboxylic acids is 1. The lowest BCUT2D eigenvalue weighted by atomic mass is 10.1. The van der Waals surface area contributed by atoms with Gasteiger partial charge in [0.05, 0.1) is 11.4 Å². The average Bonchev–Trinajstić information content (AvgIpc) is 3.32. The van der Waals surface area contributed by atoms with Crippen molar-refractivity contribution in [3.05, 3.63) is 108 Å². The standard InChI is InChI=1S/C28H23FN4O2/c1-2-31-28(34)22(17-30)16-23-18-33(25-6-4-3-5-7-25)32-27(23)21-10-14-26(15-11-21)35-19-20-8-12-24(29)13-9-20/h3-16,18H,2,19H2,1H3,(H,31,34). The molecule has 1 aromatic heterocycles. The predicted molar refractivity (Wildman–Crippen MR) is 132 cm³/mol. The molecule has 1 amide bonds. The van der Waals surface area contributed by atoms with E-state index >= 15 is 0 Å². The number of carbonyl (C=O) groups is 1. The maximum atomic E-state index is 13.1. The lowest BCUT2D eigenvalue weighted by Crippen LogP contribution is -2.23. The van der Waals surface area contributed by atoms with Crippen LogP contribution in [-0.4, -0.2) is 22.2 Å². The van der Waals surface area contributed by atoms with E-state index in [9.17, 15) is 14.4 Å². The lowest BCUT2D eigenvalue weighted by Gasteiger charge is -2.07. The molecule has 3 aromatic carbocycles. The zero-order chi connectivity index (χ0) is 24.6.